The van der Waals surface area contributed by atoms with Gasteiger partial charge in [-0.2, -0.15) is 0 Å². The molecule has 0 saturated carbocycles. The maximum Gasteiger partial charge on any atom is 0.308 e. The fourth-order valence-corrected chi connectivity index (χ4v) is 7.32. The number of esters is 2. The molecule has 1 N–H and O–H groups in total. The Kier molecular flexibility index (Phi) is 40.1. The van der Waals surface area contributed by atoms with E-state index in [0.717, 1.165) is 103 Å². The van der Waals surface area contributed by atoms with Crippen LogP contribution in [0.25, 0.3) is 0 Å². The van der Waals surface area contributed by atoms with Crippen LogP contribution >= 0.6 is 0 Å². The maximum atomic E-state index is 13.0. The van der Waals surface area contributed by atoms with Gasteiger partial charge in [-0.25, -0.2) is 0 Å². The molecule has 0 rings (SSSR count). The van der Waals surface area contributed by atoms with E-state index in [1.54, 1.807) is 0 Å². The molecule has 0 saturated heterocycles. The van der Waals surface area contributed by atoms with Crippen LogP contribution in [0.1, 0.15) is 240 Å². The number of carbonyl (C=O) groups is 2. The maximum absolute atomic E-state index is 13.0. The number of aliphatic hydroxyl groups is 1. The first-order chi connectivity index (χ1) is 25.5. The number of aliphatic hydroxyl groups excluding tert-OH is 1. The third-order valence-corrected chi connectivity index (χ3v) is 10.8. The van der Waals surface area contributed by atoms with E-state index >= 15 is 0 Å². The summed E-state index contributed by atoms with van der Waals surface area (Å²) in [4.78, 5) is 27.5. The first-order valence-corrected chi connectivity index (χ1v) is 23.2. The van der Waals surface area contributed by atoms with Crippen molar-refractivity contribution in [3.8, 4) is 0 Å². The minimum atomic E-state index is -0.0251. The number of nitrogens with zero attached hydrogens (tertiary/aromatic N) is 1. The zero-order valence-electron chi connectivity index (χ0n) is 35.6. The van der Waals surface area contributed by atoms with E-state index in [1.165, 1.54) is 122 Å². The molecule has 0 fully saturated rings. The lowest BCUT2D eigenvalue weighted by atomic mass is 9.94. The van der Waals surface area contributed by atoms with E-state index in [9.17, 15) is 14.7 Å². The summed E-state index contributed by atoms with van der Waals surface area (Å²) < 4.78 is 11.5. The highest BCUT2D eigenvalue weighted by molar-refractivity contribution is 5.72. The number of hydrogen-bond donors (Lipinski definition) is 1. The predicted molar refractivity (Wildman–Crippen MR) is 223 cm³/mol. The van der Waals surface area contributed by atoms with Gasteiger partial charge in [0.05, 0.1) is 25.2 Å². The average Bonchev–Trinajstić information content (AvgIpc) is 3.13. The Balaban J connectivity index is 3.99. The van der Waals surface area contributed by atoms with Crippen molar-refractivity contribution in [2.24, 2.45) is 5.92 Å². The minimum Gasteiger partial charge on any atom is -0.465 e. The fraction of sp³-hybridized carbons (Fsp3) is 0.957. The van der Waals surface area contributed by atoms with Crippen molar-refractivity contribution in [3.63, 3.8) is 0 Å². The van der Waals surface area contributed by atoms with Crippen LogP contribution in [-0.2, 0) is 19.1 Å². The molecule has 6 nitrogen and oxygen atoms in total. The molecular formula is C46H91NO5. The smallest absolute Gasteiger partial charge is 0.308 e. The quantitative estimate of drug-likeness (QED) is 0.0496. The lowest BCUT2D eigenvalue weighted by Gasteiger charge is -2.21. The van der Waals surface area contributed by atoms with Gasteiger partial charge in [0, 0.05) is 13.0 Å². The fourth-order valence-electron chi connectivity index (χ4n) is 7.32. The average molecular weight is 738 g/mol. The molecule has 0 radical (unpaired) electrons. The molecule has 6 heteroatoms. The van der Waals surface area contributed by atoms with Gasteiger partial charge in [0.2, 0.25) is 0 Å². The Morgan fingerprint density at radius 3 is 1.38 bits per heavy atom. The van der Waals surface area contributed by atoms with Crippen molar-refractivity contribution < 1.29 is 24.2 Å². The van der Waals surface area contributed by atoms with Crippen LogP contribution in [0.5, 0.6) is 0 Å². The van der Waals surface area contributed by atoms with Gasteiger partial charge < -0.3 is 19.5 Å². The molecular weight excluding hydrogens is 647 g/mol. The Bertz CT molecular complexity index is 730. The van der Waals surface area contributed by atoms with Crippen molar-refractivity contribution in [1.82, 2.24) is 4.90 Å². The third-order valence-electron chi connectivity index (χ3n) is 10.8. The van der Waals surface area contributed by atoms with Crippen LogP contribution in [0.3, 0.4) is 0 Å². The molecule has 0 amide bonds. The van der Waals surface area contributed by atoms with Crippen molar-refractivity contribution in [3.05, 3.63) is 0 Å². The first-order valence-electron chi connectivity index (χ1n) is 23.2. The molecule has 52 heavy (non-hydrogen) atoms. The predicted octanol–water partition coefficient (Wildman–Crippen LogP) is 13.3. The summed E-state index contributed by atoms with van der Waals surface area (Å²) in [6.07, 6.45) is 38.9. The summed E-state index contributed by atoms with van der Waals surface area (Å²) in [6, 6.07) is 0. The van der Waals surface area contributed by atoms with E-state index < -0.39 is 0 Å². The number of ether oxygens (including phenoxy) is 2. The summed E-state index contributed by atoms with van der Waals surface area (Å²) in [5.74, 6) is 0.129. The second-order valence-electron chi connectivity index (χ2n) is 16.0. The topological polar surface area (TPSA) is 76.1 Å². The molecule has 1 atom stereocenters. The van der Waals surface area contributed by atoms with Gasteiger partial charge in [-0.05, 0) is 71.4 Å². The minimum absolute atomic E-state index is 0.0150. The lowest BCUT2D eigenvalue weighted by molar-refractivity contribution is -0.150. The molecule has 310 valence electrons. The monoisotopic (exact) mass is 738 g/mol. The summed E-state index contributed by atoms with van der Waals surface area (Å²) in [5, 5.41) is 9.57. The number of hydrogen-bond acceptors (Lipinski definition) is 6. The second kappa shape index (κ2) is 41.0. The van der Waals surface area contributed by atoms with Crippen LogP contribution in [0, 0.1) is 5.92 Å². The normalized spacial score (nSPS) is 12.2. The van der Waals surface area contributed by atoms with E-state index in [4.69, 9.17) is 9.47 Å². The van der Waals surface area contributed by atoms with Crippen LogP contribution in [0.2, 0.25) is 0 Å². The molecule has 0 aliphatic rings. The van der Waals surface area contributed by atoms with E-state index in [0.29, 0.717) is 13.0 Å². The standard InChI is InChI=1S/C46H91NO5/c1-5-8-11-14-17-18-22-30-37-45(49)52-43(4)34-27-23-25-32-39-47(40-41-48)38-31-24-19-26-33-42-51-46(50)44(35-28-20-15-12-9-6-2)36-29-21-16-13-10-7-3/h43-44,48H,5-42H2,1-4H3. The van der Waals surface area contributed by atoms with Crippen LogP contribution < -0.4 is 0 Å². The Hall–Kier alpha value is -1.14. The highest BCUT2D eigenvalue weighted by Crippen LogP contribution is 2.21. The van der Waals surface area contributed by atoms with Gasteiger partial charge in [0.25, 0.3) is 0 Å². The third kappa shape index (κ3) is 35.9. The lowest BCUT2D eigenvalue weighted by Crippen LogP contribution is -2.29. The van der Waals surface area contributed by atoms with Crippen molar-refractivity contribution >= 4 is 11.9 Å². The molecule has 0 spiro atoms. The molecule has 0 heterocycles. The zero-order chi connectivity index (χ0) is 38.2. The van der Waals surface area contributed by atoms with Gasteiger partial charge in [0.1, 0.15) is 0 Å². The Morgan fingerprint density at radius 1 is 0.500 bits per heavy atom. The SMILES string of the molecule is CCCCCCCCCCC(=O)OC(C)CCCCCCN(CCO)CCCCCCCOC(=O)C(CCCCCCCC)CCCCCCCC. The summed E-state index contributed by atoms with van der Waals surface area (Å²) in [6.45, 7) is 12.4. The van der Waals surface area contributed by atoms with Crippen LogP contribution in [0.15, 0.2) is 0 Å². The van der Waals surface area contributed by atoms with Crippen molar-refractivity contribution in [2.45, 2.75) is 246 Å². The molecule has 0 aromatic heterocycles. The van der Waals surface area contributed by atoms with E-state index in [-0.39, 0.29) is 30.6 Å². The van der Waals surface area contributed by atoms with Crippen molar-refractivity contribution in [1.29, 1.82) is 0 Å². The Labute approximate surface area is 324 Å². The molecule has 0 bridgehead atoms. The van der Waals surface area contributed by atoms with Crippen LogP contribution in [-0.4, -0.2) is 60.9 Å². The number of rotatable bonds is 42. The summed E-state index contributed by atoms with van der Waals surface area (Å²) >= 11 is 0. The van der Waals surface area contributed by atoms with Gasteiger partial charge in [-0.3, -0.25) is 9.59 Å². The number of unbranched alkanes of at least 4 members (excludes halogenated alkanes) is 24. The molecule has 0 aliphatic heterocycles. The summed E-state index contributed by atoms with van der Waals surface area (Å²) in [5.41, 5.74) is 0. The zero-order valence-corrected chi connectivity index (χ0v) is 35.6. The van der Waals surface area contributed by atoms with Gasteiger partial charge in [0.15, 0.2) is 0 Å². The highest BCUT2D eigenvalue weighted by atomic mass is 16.5. The van der Waals surface area contributed by atoms with Crippen LogP contribution in [0.4, 0.5) is 0 Å². The largest absolute Gasteiger partial charge is 0.465 e. The van der Waals surface area contributed by atoms with Gasteiger partial charge >= 0.3 is 11.9 Å². The van der Waals surface area contributed by atoms with E-state index in [1.807, 2.05) is 6.92 Å². The van der Waals surface area contributed by atoms with Crippen molar-refractivity contribution in [2.75, 3.05) is 32.8 Å². The summed E-state index contributed by atoms with van der Waals surface area (Å²) in [7, 11) is 0. The molecule has 0 aromatic rings. The second-order valence-corrected chi connectivity index (χ2v) is 16.0. The number of carbonyl (C=O) groups excluding carboxylic acids is 2. The van der Waals surface area contributed by atoms with E-state index in [2.05, 4.69) is 25.7 Å². The Morgan fingerprint density at radius 2 is 0.904 bits per heavy atom. The molecule has 0 aliphatic carbocycles. The van der Waals surface area contributed by atoms with Gasteiger partial charge in [-0.1, -0.05) is 175 Å². The molecule has 1 unspecified atom stereocenters. The van der Waals surface area contributed by atoms with Gasteiger partial charge in [-0.15, -0.1) is 0 Å². The molecule has 0 aromatic carbocycles. The highest BCUT2D eigenvalue weighted by Gasteiger charge is 2.19. The first kappa shape index (κ1) is 50.9.